The highest BCUT2D eigenvalue weighted by atomic mass is 16.1. The molecule has 5 nitrogen and oxygen atoms in total. The minimum Gasteiger partial charge on any atom is -0.352 e. The molecule has 1 aromatic carbocycles. The van der Waals surface area contributed by atoms with E-state index >= 15 is 0 Å². The Morgan fingerprint density at radius 1 is 1.23 bits per heavy atom. The molecule has 2 N–H and O–H groups in total. The van der Waals surface area contributed by atoms with Gasteiger partial charge in [0.15, 0.2) is 5.96 Å². The quantitative estimate of drug-likeness (QED) is 0.644. The molecule has 5 heteroatoms. The number of hydrogen-bond donors (Lipinski definition) is 2. The van der Waals surface area contributed by atoms with Crippen LogP contribution in [-0.4, -0.2) is 42.4 Å². The van der Waals surface area contributed by atoms with Gasteiger partial charge in [0.2, 0.25) is 0 Å². The lowest BCUT2D eigenvalue weighted by molar-refractivity contribution is 0.0919. The first kappa shape index (κ1) is 20.3. The van der Waals surface area contributed by atoms with E-state index in [1.165, 1.54) is 6.42 Å². The fraction of sp³-hybridized carbons (Fsp3) is 0.619. The predicted molar refractivity (Wildman–Crippen MR) is 108 cm³/mol. The molecular weight excluding hydrogens is 324 g/mol. The average molecular weight is 359 g/mol. The van der Waals surface area contributed by atoms with Crippen LogP contribution in [0, 0.1) is 11.8 Å². The Bertz CT molecular complexity index is 638. The Kier molecular flexibility index (Phi) is 6.68. The van der Waals surface area contributed by atoms with Gasteiger partial charge in [-0.15, -0.1) is 0 Å². The van der Waals surface area contributed by atoms with Crippen molar-refractivity contribution in [2.24, 2.45) is 16.8 Å². The van der Waals surface area contributed by atoms with Crippen molar-refractivity contribution >= 4 is 11.9 Å². The van der Waals surface area contributed by atoms with Crippen LogP contribution in [0.4, 0.5) is 0 Å². The summed E-state index contributed by atoms with van der Waals surface area (Å²) >= 11 is 0. The molecule has 0 saturated carbocycles. The number of amides is 1. The molecule has 2 rings (SSSR count). The highest BCUT2D eigenvalue weighted by Crippen LogP contribution is 2.21. The minimum absolute atomic E-state index is 0.0394. The summed E-state index contributed by atoms with van der Waals surface area (Å²) < 4.78 is 0. The van der Waals surface area contributed by atoms with Gasteiger partial charge in [0.1, 0.15) is 0 Å². The smallest absolute Gasteiger partial charge is 0.251 e. The Balaban J connectivity index is 2.00. The third kappa shape index (κ3) is 6.04. The number of carbonyl (C=O) groups excluding carboxylic acids is 1. The average Bonchev–Trinajstić information content (AvgIpc) is 2.53. The molecule has 0 aliphatic carbocycles. The van der Waals surface area contributed by atoms with Crippen LogP contribution in [0.5, 0.6) is 0 Å². The summed E-state index contributed by atoms with van der Waals surface area (Å²) in [6, 6.07) is 7.77. The van der Waals surface area contributed by atoms with Gasteiger partial charge in [-0.05, 0) is 56.7 Å². The molecule has 0 spiro atoms. The first-order valence-electron chi connectivity index (χ1n) is 9.55. The van der Waals surface area contributed by atoms with Crippen molar-refractivity contribution in [2.75, 3.05) is 20.1 Å². The molecule has 2 atom stereocenters. The highest BCUT2D eigenvalue weighted by Gasteiger charge is 2.24. The number of guanidine groups is 1. The van der Waals surface area contributed by atoms with E-state index in [1.807, 2.05) is 52.1 Å². The van der Waals surface area contributed by atoms with Crippen molar-refractivity contribution in [3.05, 3.63) is 35.4 Å². The molecular formula is C21H34N4O. The number of nitrogens with zero attached hydrogens (tertiary/aromatic N) is 2. The number of rotatable bonds is 3. The van der Waals surface area contributed by atoms with Crippen LogP contribution in [0.15, 0.2) is 29.3 Å². The van der Waals surface area contributed by atoms with Crippen LogP contribution < -0.4 is 10.6 Å². The van der Waals surface area contributed by atoms with Crippen molar-refractivity contribution < 1.29 is 4.79 Å². The molecule has 1 heterocycles. The van der Waals surface area contributed by atoms with E-state index < -0.39 is 0 Å². The zero-order valence-electron chi connectivity index (χ0n) is 17.1. The van der Waals surface area contributed by atoms with Gasteiger partial charge >= 0.3 is 0 Å². The number of benzene rings is 1. The first-order chi connectivity index (χ1) is 12.2. The lowest BCUT2D eigenvalue weighted by Gasteiger charge is -2.37. The van der Waals surface area contributed by atoms with Gasteiger partial charge in [0, 0.05) is 37.8 Å². The third-order valence-electron chi connectivity index (χ3n) is 4.51. The number of nitrogens with one attached hydrogen (secondary N) is 2. The van der Waals surface area contributed by atoms with Crippen LogP contribution in [-0.2, 0) is 6.54 Å². The highest BCUT2D eigenvalue weighted by molar-refractivity contribution is 5.94. The van der Waals surface area contributed by atoms with Crippen molar-refractivity contribution in [3.8, 4) is 0 Å². The summed E-state index contributed by atoms with van der Waals surface area (Å²) in [5.74, 6) is 2.26. The lowest BCUT2D eigenvalue weighted by atomic mass is 9.92. The normalized spacial score (nSPS) is 21.5. The zero-order chi connectivity index (χ0) is 19.3. The van der Waals surface area contributed by atoms with Crippen LogP contribution in [0.1, 0.15) is 57.0 Å². The fourth-order valence-electron chi connectivity index (χ4n) is 3.58. The second kappa shape index (κ2) is 8.56. The number of carbonyl (C=O) groups is 1. The van der Waals surface area contributed by atoms with Crippen molar-refractivity contribution in [1.82, 2.24) is 15.5 Å². The largest absolute Gasteiger partial charge is 0.352 e. The molecule has 1 aliphatic rings. The van der Waals surface area contributed by atoms with Gasteiger partial charge < -0.3 is 15.5 Å². The van der Waals surface area contributed by atoms with Crippen molar-refractivity contribution in [2.45, 2.75) is 53.1 Å². The zero-order valence-corrected chi connectivity index (χ0v) is 17.1. The molecule has 1 saturated heterocycles. The van der Waals surface area contributed by atoms with E-state index in [4.69, 9.17) is 0 Å². The summed E-state index contributed by atoms with van der Waals surface area (Å²) in [4.78, 5) is 19.2. The van der Waals surface area contributed by atoms with E-state index in [0.29, 0.717) is 23.9 Å². The van der Waals surface area contributed by atoms with Crippen molar-refractivity contribution in [3.63, 3.8) is 0 Å². The Morgan fingerprint density at radius 3 is 2.46 bits per heavy atom. The Labute approximate surface area is 158 Å². The number of likely N-dealkylation sites (tertiary alicyclic amines) is 1. The number of piperidine rings is 1. The van der Waals surface area contributed by atoms with Gasteiger partial charge in [-0.1, -0.05) is 26.0 Å². The van der Waals surface area contributed by atoms with Crippen LogP contribution >= 0.6 is 0 Å². The van der Waals surface area contributed by atoms with Crippen LogP contribution in [0.25, 0.3) is 0 Å². The molecule has 0 radical (unpaired) electrons. The molecule has 0 aromatic heterocycles. The molecule has 1 amide bonds. The van der Waals surface area contributed by atoms with E-state index in [1.54, 1.807) is 0 Å². The van der Waals surface area contributed by atoms with Crippen molar-refractivity contribution in [1.29, 1.82) is 0 Å². The summed E-state index contributed by atoms with van der Waals surface area (Å²) in [5.41, 5.74) is 1.52. The van der Waals surface area contributed by atoms with E-state index in [9.17, 15) is 4.79 Å². The second-order valence-electron chi connectivity index (χ2n) is 8.66. The van der Waals surface area contributed by atoms with E-state index in [0.717, 1.165) is 24.6 Å². The maximum absolute atomic E-state index is 12.4. The molecule has 1 fully saturated rings. The number of aliphatic imine (C=N–C) groups is 1. The fourth-order valence-corrected chi connectivity index (χ4v) is 3.58. The molecule has 1 aliphatic heterocycles. The van der Waals surface area contributed by atoms with E-state index in [-0.39, 0.29) is 11.4 Å². The summed E-state index contributed by atoms with van der Waals surface area (Å²) in [5, 5.41) is 6.46. The monoisotopic (exact) mass is 358 g/mol. The third-order valence-corrected chi connectivity index (χ3v) is 4.51. The summed E-state index contributed by atoms with van der Waals surface area (Å²) in [6.07, 6.45) is 1.28. The number of hydrogen-bond acceptors (Lipinski definition) is 2. The standard InChI is InChI=1S/C21H34N4O/c1-15-10-16(2)14-25(13-15)20(22-6)23-12-17-8-7-9-18(11-17)19(26)24-21(3,4)5/h7-9,11,15-16H,10,12-14H2,1-6H3,(H,22,23)(H,24,26). The minimum atomic E-state index is -0.241. The lowest BCUT2D eigenvalue weighted by Crippen LogP contribution is -2.48. The molecule has 26 heavy (non-hydrogen) atoms. The molecule has 0 bridgehead atoms. The Hall–Kier alpha value is -2.04. The SMILES string of the molecule is CN=C(NCc1cccc(C(=O)NC(C)(C)C)c1)N1CC(C)CC(C)C1. The first-order valence-corrected chi connectivity index (χ1v) is 9.55. The van der Waals surface area contributed by atoms with E-state index in [2.05, 4.69) is 34.4 Å². The topological polar surface area (TPSA) is 56.7 Å². The Morgan fingerprint density at radius 2 is 1.88 bits per heavy atom. The van der Waals surface area contributed by atoms with Crippen LogP contribution in [0.3, 0.4) is 0 Å². The molecule has 1 aromatic rings. The summed E-state index contributed by atoms with van der Waals surface area (Å²) in [6.45, 7) is 13.3. The molecule has 144 valence electrons. The van der Waals surface area contributed by atoms with Gasteiger partial charge in [0.05, 0.1) is 0 Å². The maximum atomic E-state index is 12.4. The second-order valence-corrected chi connectivity index (χ2v) is 8.66. The van der Waals surface area contributed by atoms with Gasteiger partial charge in [0.25, 0.3) is 5.91 Å². The van der Waals surface area contributed by atoms with Gasteiger partial charge in [-0.25, -0.2) is 0 Å². The molecule has 2 unspecified atom stereocenters. The van der Waals surface area contributed by atoms with Gasteiger partial charge in [-0.3, -0.25) is 9.79 Å². The van der Waals surface area contributed by atoms with Gasteiger partial charge in [-0.2, -0.15) is 0 Å². The predicted octanol–water partition coefficient (Wildman–Crippen LogP) is 3.27. The maximum Gasteiger partial charge on any atom is 0.251 e. The summed E-state index contributed by atoms with van der Waals surface area (Å²) in [7, 11) is 1.83. The van der Waals surface area contributed by atoms with Crippen LogP contribution in [0.2, 0.25) is 0 Å².